The molecule has 0 atom stereocenters. The van der Waals surface area contributed by atoms with E-state index in [1.807, 2.05) is 30.3 Å². The molecule has 5 nitrogen and oxygen atoms in total. The minimum atomic E-state index is -4.84. The molecule has 27 heavy (non-hydrogen) atoms. The van der Waals surface area contributed by atoms with Crippen molar-refractivity contribution in [2.24, 2.45) is 0 Å². The van der Waals surface area contributed by atoms with Crippen LogP contribution < -0.4 is 15.4 Å². The van der Waals surface area contributed by atoms with Crippen LogP contribution in [0.25, 0.3) is 0 Å². The van der Waals surface area contributed by atoms with Gasteiger partial charge in [-0.1, -0.05) is 41.4 Å². The van der Waals surface area contributed by atoms with E-state index < -0.39 is 12.1 Å². The zero-order chi connectivity index (χ0) is 19.4. The first-order chi connectivity index (χ1) is 12.8. The van der Waals surface area contributed by atoms with Crippen LogP contribution in [-0.2, 0) is 0 Å². The Balaban J connectivity index is 1.80. The first-order valence-corrected chi connectivity index (χ1v) is 8.23. The summed E-state index contributed by atoms with van der Waals surface area (Å²) in [6, 6.07) is 12.8. The predicted octanol–water partition coefficient (Wildman–Crippen LogP) is 6.17. The quantitative estimate of drug-likeness (QED) is 0.522. The monoisotopic (exact) mass is 414 g/mol. The molecule has 0 aliphatic heterocycles. The van der Waals surface area contributed by atoms with Crippen molar-refractivity contribution < 1.29 is 17.9 Å². The maximum atomic E-state index is 12.3. The lowest BCUT2D eigenvalue weighted by Gasteiger charge is -2.14. The average Bonchev–Trinajstić information content (AvgIpc) is 2.58. The molecule has 0 radical (unpaired) electrons. The molecule has 0 saturated carbocycles. The van der Waals surface area contributed by atoms with Crippen molar-refractivity contribution in [1.82, 2.24) is 9.97 Å². The molecule has 0 saturated heterocycles. The van der Waals surface area contributed by atoms with Gasteiger partial charge in [-0.3, -0.25) is 0 Å². The van der Waals surface area contributed by atoms with Crippen LogP contribution in [0.2, 0.25) is 10.0 Å². The van der Waals surface area contributed by atoms with Gasteiger partial charge in [-0.05, 0) is 18.2 Å². The number of alkyl halides is 3. The molecule has 1 heterocycles. The molecule has 10 heteroatoms. The van der Waals surface area contributed by atoms with Crippen LogP contribution in [-0.4, -0.2) is 16.3 Å². The van der Waals surface area contributed by atoms with E-state index in [0.717, 1.165) is 17.8 Å². The van der Waals surface area contributed by atoms with E-state index in [1.54, 1.807) is 6.07 Å². The summed E-state index contributed by atoms with van der Waals surface area (Å²) in [7, 11) is 0. The number of aromatic nitrogens is 2. The van der Waals surface area contributed by atoms with E-state index in [1.165, 1.54) is 6.20 Å². The lowest BCUT2D eigenvalue weighted by Crippen LogP contribution is -2.17. The molecule has 0 amide bonds. The third kappa shape index (κ3) is 5.38. The summed E-state index contributed by atoms with van der Waals surface area (Å²) in [5.41, 5.74) is 0.983. The van der Waals surface area contributed by atoms with Crippen molar-refractivity contribution in [3.63, 3.8) is 0 Å². The largest absolute Gasteiger partial charge is 0.573 e. The Morgan fingerprint density at radius 1 is 0.926 bits per heavy atom. The van der Waals surface area contributed by atoms with Crippen LogP contribution >= 0.6 is 23.2 Å². The summed E-state index contributed by atoms with van der Waals surface area (Å²) in [4.78, 5) is 8.37. The first kappa shape index (κ1) is 19.1. The minimum absolute atomic E-state index is 0.0575. The highest BCUT2D eigenvalue weighted by Gasteiger charge is 2.31. The fourth-order valence-corrected chi connectivity index (χ4v) is 2.69. The van der Waals surface area contributed by atoms with Gasteiger partial charge in [-0.2, -0.15) is 4.98 Å². The van der Waals surface area contributed by atoms with Gasteiger partial charge in [0.25, 0.3) is 0 Å². The molecule has 2 N–H and O–H groups in total. The maximum absolute atomic E-state index is 12.3. The van der Waals surface area contributed by atoms with Crippen molar-refractivity contribution >= 4 is 46.3 Å². The summed E-state index contributed by atoms with van der Waals surface area (Å²) < 4.78 is 40.8. The van der Waals surface area contributed by atoms with E-state index in [9.17, 15) is 13.2 Å². The highest BCUT2D eigenvalue weighted by atomic mass is 35.5. The SMILES string of the molecule is FC(F)(F)Oc1cc(Cl)c(Nc2ccnc(Nc3ccccc3)n2)c(Cl)c1. The fraction of sp³-hybridized carbons (Fsp3) is 0.0588. The molecule has 3 rings (SSSR count). The highest BCUT2D eigenvalue weighted by Crippen LogP contribution is 2.38. The standard InChI is InChI=1S/C17H11Cl2F3N4O/c18-12-8-11(27-17(20,21)22)9-13(19)15(12)25-14-6-7-23-16(26-14)24-10-4-2-1-3-5-10/h1-9H,(H2,23,24,25,26). The van der Waals surface area contributed by atoms with E-state index in [-0.39, 0.29) is 15.7 Å². The number of benzene rings is 2. The van der Waals surface area contributed by atoms with Crippen LogP contribution in [0.5, 0.6) is 5.75 Å². The summed E-state index contributed by atoms with van der Waals surface area (Å²) in [6.07, 6.45) is -3.34. The molecule has 0 spiro atoms. The number of halogens is 5. The first-order valence-electron chi connectivity index (χ1n) is 7.47. The normalized spacial score (nSPS) is 11.1. The van der Waals surface area contributed by atoms with Gasteiger partial charge < -0.3 is 15.4 Å². The van der Waals surface area contributed by atoms with E-state index in [0.29, 0.717) is 11.8 Å². The number of hydrogen-bond acceptors (Lipinski definition) is 5. The summed E-state index contributed by atoms with van der Waals surface area (Å²) in [6.45, 7) is 0. The van der Waals surface area contributed by atoms with Crippen molar-refractivity contribution in [2.75, 3.05) is 10.6 Å². The van der Waals surface area contributed by atoms with E-state index in [4.69, 9.17) is 23.2 Å². The zero-order valence-electron chi connectivity index (χ0n) is 13.4. The second-order valence-corrected chi connectivity index (χ2v) is 6.01. The highest BCUT2D eigenvalue weighted by molar-refractivity contribution is 6.39. The molecular formula is C17H11Cl2F3N4O. The van der Waals surface area contributed by atoms with Gasteiger partial charge in [0.15, 0.2) is 0 Å². The minimum Gasteiger partial charge on any atom is -0.406 e. The predicted molar refractivity (Wildman–Crippen MR) is 98.2 cm³/mol. The molecule has 3 aromatic rings. The van der Waals surface area contributed by atoms with Crippen molar-refractivity contribution in [3.05, 3.63) is 64.8 Å². The van der Waals surface area contributed by atoms with E-state index in [2.05, 4.69) is 25.3 Å². The second-order valence-electron chi connectivity index (χ2n) is 5.19. The Hall–Kier alpha value is -2.71. The third-order valence-electron chi connectivity index (χ3n) is 3.19. The van der Waals surface area contributed by atoms with Gasteiger partial charge >= 0.3 is 6.36 Å². The number of rotatable bonds is 5. The number of hydrogen-bond donors (Lipinski definition) is 2. The van der Waals surface area contributed by atoms with Gasteiger partial charge in [0, 0.05) is 24.0 Å². The molecule has 0 aliphatic rings. The summed E-state index contributed by atoms with van der Waals surface area (Å²) >= 11 is 12.1. The van der Waals surface area contributed by atoms with Crippen molar-refractivity contribution in [3.8, 4) is 5.75 Å². The number of nitrogens with zero attached hydrogens (tertiary/aromatic N) is 2. The van der Waals surface area contributed by atoms with Crippen LogP contribution in [0, 0.1) is 0 Å². The summed E-state index contributed by atoms with van der Waals surface area (Å²) in [5, 5.41) is 5.77. The zero-order valence-corrected chi connectivity index (χ0v) is 14.9. The van der Waals surface area contributed by atoms with Crippen LogP contribution in [0.15, 0.2) is 54.7 Å². The number of para-hydroxylation sites is 1. The second kappa shape index (κ2) is 7.89. The molecule has 0 fully saturated rings. The Bertz CT molecular complexity index is 916. The Morgan fingerprint density at radius 2 is 1.59 bits per heavy atom. The molecular weight excluding hydrogens is 404 g/mol. The lowest BCUT2D eigenvalue weighted by atomic mass is 10.3. The average molecular weight is 415 g/mol. The molecule has 0 bridgehead atoms. The van der Waals surface area contributed by atoms with Gasteiger partial charge in [0.2, 0.25) is 5.95 Å². The Labute approximate surface area is 162 Å². The lowest BCUT2D eigenvalue weighted by molar-refractivity contribution is -0.274. The van der Waals surface area contributed by atoms with Gasteiger partial charge in [-0.15, -0.1) is 13.2 Å². The third-order valence-corrected chi connectivity index (χ3v) is 3.78. The smallest absolute Gasteiger partial charge is 0.406 e. The Kier molecular flexibility index (Phi) is 5.57. The number of nitrogens with one attached hydrogen (secondary N) is 2. The van der Waals surface area contributed by atoms with Crippen LogP contribution in [0.4, 0.5) is 36.3 Å². The topological polar surface area (TPSA) is 59.1 Å². The molecule has 140 valence electrons. The van der Waals surface area contributed by atoms with Crippen LogP contribution in [0.1, 0.15) is 0 Å². The van der Waals surface area contributed by atoms with Gasteiger partial charge in [0.05, 0.1) is 15.7 Å². The van der Waals surface area contributed by atoms with Gasteiger partial charge in [-0.25, -0.2) is 4.98 Å². The number of ether oxygens (including phenoxy) is 1. The Morgan fingerprint density at radius 3 is 2.22 bits per heavy atom. The summed E-state index contributed by atoms with van der Waals surface area (Å²) in [5.74, 6) is 0.143. The van der Waals surface area contributed by atoms with E-state index >= 15 is 0 Å². The fourth-order valence-electron chi connectivity index (χ4n) is 2.13. The van der Waals surface area contributed by atoms with Crippen molar-refractivity contribution in [1.29, 1.82) is 0 Å². The number of anilines is 4. The molecule has 0 aliphatic carbocycles. The van der Waals surface area contributed by atoms with Gasteiger partial charge in [0.1, 0.15) is 11.6 Å². The van der Waals surface area contributed by atoms with Crippen molar-refractivity contribution in [2.45, 2.75) is 6.36 Å². The molecule has 2 aromatic carbocycles. The maximum Gasteiger partial charge on any atom is 0.573 e. The molecule has 1 aromatic heterocycles. The molecule has 0 unspecified atom stereocenters. The van der Waals surface area contributed by atoms with Crippen LogP contribution in [0.3, 0.4) is 0 Å².